The monoisotopic (exact) mass is 516 g/mol. The van der Waals surface area contributed by atoms with Gasteiger partial charge in [0.05, 0.1) is 27.1 Å². The lowest BCUT2D eigenvalue weighted by atomic mass is 10.0. The lowest BCUT2D eigenvalue weighted by Gasteiger charge is -2.36. The molecule has 0 spiro atoms. The van der Waals surface area contributed by atoms with E-state index in [1.807, 2.05) is 12.1 Å². The summed E-state index contributed by atoms with van der Waals surface area (Å²) < 4.78 is 0. The molecule has 4 heterocycles. The second-order valence-corrected chi connectivity index (χ2v) is 11.0. The predicted molar refractivity (Wildman–Crippen MR) is 136 cm³/mol. The Morgan fingerprint density at radius 2 is 1.94 bits per heavy atom. The highest BCUT2D eigenvalue weighted by Crippen LogP contribution is 2.42. The van der Waals surface area contributed by atoms with Gasteiger partial charge in [-0.1, -0.05) is 47.5 Å². The molecule has 1 N–H and O–H groups in total. The van der Waals surface area contributed by atoms with Gasteiger partial charge in [-0.15, -0.1) is 0 Å². The van der Waals surface area contributed by atoms with Gasteiger partial charge in [0.15, 0.2) is 0 Å². The lowest BCUT2D eigenvalue weighted by Crippen LogP contribution is -2.51. The number of carbonyl (C=O) groups excluding carboxylic acids is 2. The Morgan fingerprint density at radius 1 is 1.09 bits per heavy atom. The van der Waals surface area contributed by atoms with E-state index in [0.717, 1.165) is 37.3 Å². The van der Waals surface area contributed by atoms with E-state index in [-0.39, 0.29) is 23.2 Å². The van der Waals surface area contributed by atoms with Crippen LogP contribution in [0.15, 0.2) is 36.4 Å². The summed E-state index contributed by atoms with van der Waals surface area (Å²) in [7, 11) is 0. The highest BCUT2D eigenvalue weighted by molar-refractivity contribution is 7.80. The van der Waals surface area contributed by atoms with Gasteiger partial charge in [-0.05, 0) is 41.7 Å². The quantitative estimate of drug-likeness (QED) is 0.475. The van der Waals surface area contributed by atoms with Crippen LogP contribution in [0.25, 0.3) is 0 Å². The molecule has 9 heteroatoms. The molecule has 2 aromatic rings. The maximum absolute atomic E-state index is 12.4. The van der Waals surface area contributed by atoms with E-state index >= 15 is 0 Å². The number of nitrogens with one attached hydrogen (secondary N) is 1. The fourth-order valence-electron chi connectivity index (χ4n) is 6.07. The Kier molecular flexibility index (Phi) is 5.81. The zero-order valence-corrected chi connectivity index (χ0v) is 21.0. The Bertz CT molecular complexity index is 1180. The number of carbonyl (C=O) groups is 2. The van der Waals surface area contributed by atoms with Gasteiger partial charge in [-0.3, -0.25) is 24.7 Å². The molecule has 6 nitrogen and oxygen atoms in total. The van der Waals surface area contributed by atoms with Crippen LogP contribution in [0.1, 0.15) is 41.3 Å². The third-order valence-corrected chi connectivity index (χ3v) is 9.13. The summed E-state index contributed by atoms with van der Waals surface area (Å²) >= 11 is 17.5. The molecule has 34 heavy (non-hydrogen) atoms. The summed E-state index contributed by atoms with van der Waals surface area (Å²) in [6.45, 7) is 3.54. The number of rotatable bonds is 4. The van der Waals surface area contributed by atoms with Gasteiger partial charge in [-0.2, -0.15) is 12.6 Å². The minimum Gasteiger partial charge on any atom is -0.364 e. The number of thiol groups is 1. The Hall–Kier alpha value is -1.77. The van der Waals surface area contributed by atoms with E-state index in [1.165, 1.54) is 11.1 Å². The largest absolute Gasteiger partial charge is 0.364 e. The normalized spacial score (nSPS) is 29.1. The zero-order chi connectivity index (χ0) is 23.6. The van der Waals surface area contributed by atoms with Gasteiger partial charge >= 0.3 is 0 Å². The number of hydrogen-bond donors (Lipinski definition) is 2. The molecular formula is C25H26Cl2N4O2S. The first-order chi connectivity index (χ1) is 16.4. The van der Waals surface area contributed by atoms with E-state index in [4.69, 9.17) is 35.8 Å². The minimum absolute atomic E-state index is 0.133. The van der Waals surface area contributed by atoms with Crippen LogP contribution in [0, 0.1) is 0 Å². The van der Waals surface area contributed by atoms with Crippen LogP contribution >= 0.6 is 35.8 Å². The first kappa shape index (κ1) is 22.7. The highest BCUT2D eigenvalue weighted by atomic mass is 35.5. The molecule has 2 aromatic carbocycles. The van der Waals surface area contributed by atoms with Crippen LogP contribution in [0.4, 0.5) is 5.69 Å². The van der Waals surface area contributed by atoms with Crippen LogP contribution in [0.2, 0.25) is 10.0 Å². The number of piperidine rings is 1. The topological polar surface area (TPSA) is 55.9 Å². The van der Waals surface area contributed by atoms with Gasteiger partial charge in [-0.25, -0.2) is 0 Å². The molecule has 4 aliphatic heterocycles. The van der Waals surface area contributed by atoms with E-state index in [0.29, 0.717) is 41.5 Å². The number of benzene rings is 2. The average molecular weight is 517 g/mol. The molecule has 4 atom stereocenters. The van der Waals surface area contributed by atoms with Crippen molar-refractivity contribution in [1.82, 2.24) is 15.1 Å². The summed E-state index contributed by atoms with van der Waals surface area (Å²) in [5.74, 6) is -0.396. The second kappa shape index (κ2) is 8.71. The standard InChI is InChI=1S/C25H26Cl2N4O2S/c26-19-2-1-3-20(23(19)27)30-13-16-9-17(30)12-29(16)10-14-4-5-18-15(8-14)11-31(25(18)34)21-6-7-22(32)28-24(21)33/h1-5,8,16-17,21,25,34H,6-7,9-13H2,(H,28,32,33)/t16-,17-,21?,25?/m1/s1. The van der Waals surface area contributed by atoms with Gasteiger partial charge in [0.2, 0.25) is 11.8 Å². The summed E-state index contributed by atoms with van der Waals surface area (Å²) in [4.78, 5) is 31.0. The Balaban J connectivity index is 1.13. The highest BCUT2D eigenvalue weighted by Gasteiger charge is 2.44. The average Bonchev–Trinajstić information content (AvgIpc) is 3.49. The molecule has 4 aliphatic rings. The van der Waals surface area contributed by atoms with Gasteiger partial charge in [0, 0.05) is 44.7 Å². The summed E-state index contributed by atoms with van der Waals surface area (Å²) in [5, 5.41) is 3.58. The first-order valence-electron chi connectivity index (χ1n) is 11.7. The van der Waals surface area contributed by atoms with Gasteiger partial charge in [0.25, 0.3) is 0 Å². The van der Waals surface area contributed by atoms with Crippen LogP contribution in [0.5, 0.6) is 0 Å². The van der Waals surface area contributed by atoms with Crippen LogP contribution in [0.3, 0.4) is 0 Å². The number of amides is 2. The molecule has 2 unspecified atom stereocenters. The maximum Gasteiger partial charge on any atom is 0.243 e. The number of piperazine rings is 1. The second-order valence-electron chi connectivity index (χ2n) is 9.74. The number of nitrogens with zero attached hydrogens (tertiary/aromatic N) is 3. The zero-order valence-electron chi connectivity index (χ0n) is 18.6. The van der Waals surface area contributed by atoms with Crippen molar-refractivity contribution in [3.8, 4) is 0 Å². The van der Waals surface area contributed by atoms with Crippen LogP contribution < -0.4 is 10.2 Å². The lowest BCUT2D eigenvalue weighted by molar-refractivity contribution is -0.137. The van der Waals surface area contributed by atoms with Crippen molar-refractivity contribution in [2.45, 2.75) is 55.9 Å². The minimum atomic E-state index is -0.310. The van der Waals surface area contributed by atoms with Crippen molar-refractivity contribution in [3.05, 3.63) is 63.1 Å². The number of fused-ring (bicyclic) bond motifs is 3. The molecular weight excluding hydrogens is 491 g/mol. The van der Waals surface area contributed by atoms with Crippen molar-refractivity contribution in [1.29, 1.82) is 0 Å². The number of halogens is 2. The molecule has 3 saturated heterocycles. The third kappa shape index (κ3) is 3.82. The molecule has 2 amide bonds. The molecule has 178 valence electrons. The fourth-order valence-corrected chi connectivity index (χ4v) is 6.97. The van der Waals surface area contributed by atoms with E-state index < -0.39 is 0 Å². The molecule has 6 rings (SSSR count). The van der Waals surface area contributed by atoms with Gasteiger partial charge in [0.1, 0.15) is 0 Å². The van der Waals surface area contributed by atoms with Gasteiger partial charge < -0.3 is 4.90 Å². The number of likely N-dealkylation sites (tertiary alicyclic amines) is 1. The summed E-state index contributed by atoms with van der Waals surface area (Å²) in [6.07, 6.45) is 2.06. The van der Waals surface area contributed by atoms with Crippen LogP contribution in [-0.2, 0) is 22.7 Å². The van der Waals surface area contributed by atoms with Crippen molar-refractivity contribution >= 4 is 53.3 Å². The van der Waals surface area contributed by atoms with Crippen molar-refractivity contribution in [2.75, 3.05) is 18.0 Å². The summed E-state index contributed by atoms with van der Waals surface area (Å²) in [6, 6.07) is 13.1. The van der Waals surface area contributed by atoms with E-state index in [1.54, 1.807) is 0 Å². The molecule has 3 fully saturated rings. The predicted octanol–water partition coefficient (Wildman–Crippen LogP) is 4.01. The molecule has 0 aromatic heterocycles. The van der Waals surface area contributed by atoms with Crippen LogP contribution in [-0.4, -0.2) is 52.8 Å². The van der Waals surface area contributed by atoms with E-state index in [9.17, 15) is 9.59 Å². The number of anilines is 1. The maximum atomic E-state index is 12.4. The smallest absolute Gasteiger partial charge is 0.243 e. The first-order valence-corrected chi connectivity index (χ1v) is 13.0. The van der Waals surface area contributed by atoms with E-state index in [2.05, 4.69) is 44.3 Å². The molecule has 0 saturated carbocycles. The van der Waals surface area contributed by atoms with Crippen molar-refractivity contribution in [2.24, 2.45) is 0 Å². The molecule has 2 bridgehead atoms. The Morgan fingerprint density at radius 3 is 2.71 bits per heavy atom. The van der Waals surface area contributed by atoms with Crippen molar-refractivity contribution in [3.63, 3.8) is 0 Å². The fraction of sp³-hybridized carbons (Fsp3) is 0.440. The SMILES string of the molecule is O=C1CCC(N2Cc3cc(CN4C[C@H]5C[C@@H]4CN5c4cccc(Cl)c4Cl)ccc3C2S)C(=O)N1. The van der Waals surface area contributed by atoms with Crippen molar-refractivity contribution < 1.29 is 9.59 Å². The molecule has 0 aliphatic carbocycles. The molecule has 0 radical (unpaired) electrons. The summed E-state index contributed by atoms with van der Waals surface area (Å²) in [5.41, 5.74) is 4.69. The third-order valence-electron chi connectivity index (χ3n) is 7.74. The number of imide groups is 1. The number of hydrogen-bond acceptors (Lipinski definition) is 6. The Labute approximate surface area is 214 Å².